The summed E-state index contributed by atoms with van der Waals surface area (Å²) in [6.45, 7) is 5.13. The first kappa shape index (κ1) is 11.6. The van der Waals surface area contributed by atoms with E-state index in [0.717, 1.165) is 30.0 Å². The Morgan fingerprint density at radius 2 is 1.88 bits per heavy atom. The maximum atomic E-state index is 4.54. The first-order valence-corrected chi connectivity index (χ1v) is 5.92. The monoisotopic (exact) mass is 227 g/mol. The number of hydrogen-bond acceptors (Lipinski definition) is 3. The van der Waals surface area contributed by atoms with Gasteiger partial charge in [0.15, 0.2) is 0 Å². The molecule has 0 aliphatic rings. The molecule has 1 aromatic carbocycles. The van der Waals surface area contributed by atoms with Crippen molar-refractivity contribution in [3.8, 4) is 11.3 Å². The lowest BCUT2D eigenvalue weighted by atomic mass is 10.1. The smallest absolute Gasteiger partial charge is 0.145 e. The van der Waals surface area contributed by atoms with Gasteiger partial charge in [0.05, 0.1) is 18.1 Å². The molecule has 3 heteroatoms. The third kappa shape index (κ3) is 3.03. The van der Waals surface area contributed by atoms with Crippen LogP contribution >= 0.6 is 0 Å². The molecule has 3 nitrogen and oxygen atoms in total. The number of rotatable bonds is 4. The van der Waals surface area contributed by atoms with Crippen LogP contribution in [0.25, 0.3) is 11.3 Å². The van der Waals surface area contributed by atoms with E-state index in [9.17, 15) is 0 Å². The summed E-state index contributed by atoms with van der Waals surface area (Å²) in [5, 5.41) is 3.24. The molecule has 0 bridgehead atoms. The number of hydrogen-bond donors (Lipinski definition) is 1. The van der Waals surface area contributed by atoms with Crippen molar-refractivity contribution in [3.63, 3.8) is 0 Å². The number of nitrogens with one attached hydrogen (secondary N) is 1. The molecule has 0 atom stereocenters. The molecule has 1 heterocycles. The molecule has 0 radical (unpaired) electrons. The average Bonchev–Trinajstić information content (AvgIpc) is 2.37. The summed E-state index contributed by atoms with van der Waals surface area (Å²) in [7, 11) is 0. The summed E-state index contributed by atoms with van der Waals surface area (Å²) >= 11 is 0. The molecule has 1 aromatic heterocycles. The number of aromatic nitrogens is 2. The minimum Gasteiger partial charge on any atom is -0.369 e. The Labute approximate surface area is 102 Å². The van der Waals surface area contributed by atoms with E-state index >= 15 is 0 Å². The van der Waals surface area contributed by atoms with E-state index in [-0.39, 0.29) is 0 Å². The molecule has 2 aromatic rings. The van der Waals surface area contributed by atoms with Crippen molar-refractivity contribution in [1.82, 2.24) is 9.97 Å². The van der Waals surface area contributed by atoms with Gasteiger partial charge in [-0.15, -0.1) is 0 Å². The second-order valence-electron chi connectivity index (χ2n) is 4.08. The number of benzene rings is 1. The van der Waals surface area contributed by atoms with Crippen LogP contribution in [0.15, 0.2) is 36.7 Å². The molecule has 2 rings (SSSR count). The summed E-state index contributed by atoms with van der Waals surface area (Å²) in [6.07, 6.45) is 4.63. The minimum absolute atomic E-state index is 0.838. The van der Waals surface area contributed by atoms with E-state index in [1.165, 1.54) is 5.56 Å². The maximum Gasteiger partial charge on any atom is 0.145 e. The van der Waals surface area contributed by atoms with Gasteiger partial charge in [0.25, 0.3) is 0 Å². The van der Waals surface area contributed by atoms with Crippen molar-refractivity contribution in [2.24, 2.45) is 0 Å². The van der Waals surface area contributed by atoms with Crippen LogP contribution in [-0.2, 0) is 0 Å². The van der Waals surface area contributed by atoms with Gasteiger partial charge in [0, 0.05) is 12.1 Å². The van der Waals surface area contributed by atoms with Crippen LogP contribution in [0.2, 0.25) is 0 Å². The second kappa shape index (κ2) is 5.43. The van der Waals surface area contributed by atoms with Gasteiger partial charge >= 0.3 is 0 Å². The number of aryl methyl sites for hydroxylation is 1. The van der Waals surface area contributed by atoms with Crippen molar-refractivity contribution < 1.29 is 0 Å². The normalized spacial score (nSPS) is 10.2. The molecule has 0 fully saturated rings. The zero-order valence-electron chi connectivity index (χ0n) is 10.3. The lowest BCUT2D eigenvalue weighted by molar-refractivity contribution is 0.965. The molecule has 88 valence electrons. The van der Waals surface area contributed by atoms with E-state index in [2.05, 4.69) is 53.4 Å². The van der Waals surface area contributed by atoms with Crippen molar-refractivity contribution in [2.75, 3.05) is 11.9 Å². The molecular weight excluding hydrogens is 210 g/mol. The van der Waals surface area contributed by atoms with Gasteiger partial charge in [-0.3, -0.25) is 4.98 Å². The Hall–Kier alpha value is -1.90. The molecule has 0 saturated heterocycles. The molecule has 0 unspecified atom stereocenters. The van der Waals surface area contributed by atoms with E-state index < -0.39 is 0 Å². The lowest BCUT2D eigenvalue weighted by Gasteiger charge is -2.06. The number of anilines is 1. The SMILES string of the molecule is CCCNc1cncc(-c2ccc(C)cc2)n1. The van der Waals surface area contributed by atoms with Crippen LogP contribution < -0.4 is 5.32 Å². The average molecular weight is 227 g/mol. The molecular formula is C14H17N3. The minimum atomic E-state index is 0.838. The molecule has 0 spiro atoms. The fourth-order valence-corrected chi connectivity index (χ4v) is 1.57. The predicted molar refractivity (Wildman–Crippen MR) is 71.0 cm³/mol. The van der Waals surface area contributed by atoms with Crippen LogP contribution in [0.4, 0.5) is 5.82 Å². The highest BCUT2D eigenvalue weighted by molar-refractivity contribution is 5.60. The summed E-state index contributed by atoms with van der Waals surface area (Å²) in [4.78, 5) is 8.75. The fourth-order valence-electron chi connectivity index (χ4n) is 1.57. The number of nitrogens with zero attached hydrogens (tertiary/aromatic N) is 2. The van der Waals surface area contributed by atoms with Gasteiger partial charge in [-0.25, -0.2) is 4.98 Å². The summed E-state index contributed by atoms with van der Waals surface area (Å²) < 4.78 is 0. The molecule has 1 N–H and O–H groups in total. The van der Waals surface area contributed by atoms with Crippen LogP contribution in [0.5, 0.6) is 0 Å². The maximum absolute atomic E-state index is 4.54. The highest BCUT2D eigenvalue weighted by atomic mass is 15.0. The van der Waals surface area contributed by atoms with E-state index in [1.807, 2.05) is 0 Å². The predicted octanol–water partition coefficient (Wildman–Crippen LogP) is 3.27. The zero-order valence-corrected chi connectivity index (χ0v) is 10.3. The Bertz CT molecular complexity index is 477. The molecule has 0 amide bonds. The second-order valence-corrected chi connectivity index (χ2v) is 4.08. The van der Waals surface area contributed by atoms with Crippen molar-refractivity contribution >= 4 is 5.82 Å². The highest BCUT2D eigenvalue weighted by Gasteiger charge is 2.01. The van der Waals surface area contributed by atoms with E-state index in [0.29, 0.717) is 0 Å². The van der Waals surface area contributed by atoms with Crippen molar-refractivity contribution in [3.05, 3.63) is 42.2 Å². The van der Waals surface area contributed by atoms with Crippen molar-refractivity contribution in [2.45, 2.75) is 20.3 Å². The Balaban J connectivity index is 2.23. The third-order valence-electron chi connectivity index (χ3n) is 2.54. The van der Waals surface area contributed by atoms with Gasteiger partial charge < -0.3 is 5.32 Å². The van der Waals surface area contributed by atoms with Crippen LogP contribution in [0.3, 0.4) is 0 Å². The topological polar surface area (TPSA) is 37.8 Å². The van der Waals surface area contributed by atoms with Gasteiger partial charge in [-0.2, -0.15) is 0 Å². The molecule has 0 saturated carbocycles. The van der Waals surface area contributed by atoms with Crippen molar-refractivity contribution in [1.29, 1.82) is 0 Å². The van der Waals surface area contributed by atoms with Crippen LogP contribution in [0.1, 0.15) is 18.9 Å². The van der Waals surface area contributed by atoms with E-state index in [4.69, 9.17) is 0 Å². The highest BCUT2D eigenvalue weighted by Crippen LogP contribution is 2.17. The summed E-state index contributed by atoms with van der Waals surface area (Å²) in [6, 6.07) is 8.32. The quantitative estimate of drug-likeness (QED) is 0.871. The van der Waals surface area contributed by atoms with Gasteiger partial charge in [-0.05, 0) is 13.3 Å². The Kier molecular flexibility index (Phi) is 3.70. The first-order chi connectivity index (χ1) is 8.29. The zero-order chi connectivity index (χ0) is 12.1. The first-order valence-electron chi connectivity index (χ1n) is 5.92. The standard InChI is InChI=1S/C14H17N3/c1-3-8-16-14-10-15-9-13(17-14)12-6-4-11(2)5-7-12/h4-7,9-10H,3,8H2,1-2H3,(H,16,17). The lowest BCUT2D eigenvalue weighted by Crippen LogP contribution is -2.02. The van der Waals surface area contributed by atoms with Gasteiger partial charge in [-0.1, -0.05) is 36.8 Å². The molecule has 0 aliphatic heterocycles. The van der Waals surface area contributed by atoms with Crippen LogP contribution in [0, 0.1) is 6.92 Å². The molecule has 0 aliphatic carbocycles. The molecule has 17 heavy (non-hydrogen) atoms. The fraction of sp³-hybridized carbons (Fsp3) is 0.286. The van der Waals surface area contributed by atoms with Gasteiger partial charge in [0.1, 0.15) is 5.82 Å². The summed E-state index contributed by atoms with van der Waals surface area (Å²) in [5.74, 6) is 0.838. The van der Waals surface area contributed by atoms with Gasteiger partial charge in [0.2, 0.25) is 0 Å². The van der Waals surface area contributed by atoms with Crippen LogP contribution in [-0.4, -0.2) is 16.5 Å². The third-order valence-corrected chi connectivity index (χ3v) is 2.54. The Morgan fingerprint density at radius 3 is 2.59 bits per heavy atom. The van der Waals surface area contributed by atoms with E-state index in [1.54, 1.807) is 12.4 Å². The summed E-state index contributed by atoms with van der Waals surface area (Å²) in [5.41, 5.74) is 3.26. The Morgan fingerprint density at radius 1 is 1.12 bits per heavy atom. The largest absolute Gasteiger partial charge is 0.369 e.